The lowest BCUT2D eigenvalue weighted by atomic mass is 10.3. The van der Waals surface area contributed by atoms with Crippen LogP contribution in [0.3, 0.4) is 0 Å². The first-order valence-electron chi connectivity index (χ1n) is 2.97. The van der Waals surface area contributed by atoms with Crippen LogP contribution in [0, 0.1) is 0 Å². The molecule has 0 fully saturated rings. The first-order chi connectivity index (χ1) is 5.70. The average molecular weight is 207 g/mol. The number of carbonyl (C=O) groups excluding carboxylic acids is 1. The first kappa shape index (κ1) is 11.9. The van der Waals surface area contributed by atoms with Gasteiger partial charge in [0.15, 0.2) is 0 Å². The average Bonchev–Trinajstić information content (AvgIpc) is 1.98. The Morgan fingerprint density at radius 1 is 1.31 bits per heavy atom. The van der Waals surface area contributed by atoms with Crippen LogP contribution in [0.2, 0.25) is 0 Å². The van der Waals surface area contributed by atoms with Gasteiger partial charge in [-0.3, -0.25) is 0 Å². The lowest BCUT2D eigenvalue weighted by Gasteiger charge is -2.19. The van der Waals surface area contributed by atoms with Crippen molar-refractivity contribution < 1.29 is 31.5 Å². The highest BCUT2D eigenvalue weighted by atomic mass is 19.4. The first-order valence-corrected chi connectivity index (χ1v) is 2.97. The van der Waals surface area contributed by atoms with Gasteiger partial charge >= 0.3 is 18.2 Å². The third-order valence-corrected chi connectivity index (χ3v) is 1.05. The van der Waals surface area contributed by atoms with Gasteiger partial charge in [0.2, 0.25) is 0 Å². The SMILES string of the molecule is COC(=O)NCC(F)(F)C(F)(F)F. The van der Waals surface area contributed by atoms with E-state index in [0.717, 1.165) is 7.11 Å². The van der Waals surface area contributed by atoms with Gasteiger partial charge in [-0.15, -0.1) is 0 Å². The maximum atomic E-state index is 12.0. The Kier molecular flexibility index (Phi) is 3.44. The number of methoxy groups -OCH3 is 1. The van der Waals surface area contributed by atoms with Crippen molar-refractivity contribution in [1.82, 2.24) is 5.32 Å². The molecule has 0 saturated heterocycles. The van der Waals surface area contributed by atoms with Crippen molar-refractivity contribution in [3.8, 4) is 0 Å². The molecule has 0 spiro atoms. The van der Waals surface area contributed by atoms with Crippen molar-refractivity contribution in [1.29, 1.82) is 0 Å². The van der Waals surface area contributed by atoms with Crippen LogP contribution >= 0.6 is 0 Å². The Labute approximate surface area is 69.9 Å². The topological polar surface area (TPSA) is 38.3 Å². The van der Waals surface area contributed by atoms with E-state index in [4.69, 9.17) is 0 Å². The number of ether oxygens (including phenoxy) is 1. The van der Waals surface area contributed by atoms with Crippen LogP contribution in [-0.2, 0) is 4.74 Å². The number of halogens is 5. The van der Waals surface area contributed by atoms with Crippen molar-refractivity contribution in [3.05, 3.63) is 0 Å². The zero-order valence-electron chi connectivity index (χ0n) is 6.41. The zero-order valence-corrected chi connectivity index (χ0v) is 6.41. The molecule has 0 rings (SSSR count). The lowest BCUT2D eigenvalue weighted by molar-refractivity contribution is -0.278. The monoisotopic (exact) mass is 207 g/mol. The normalized spacial score (nSPS) is 12.5. The molecule has 78 valence electrons. The summed E-state index contributed by atoms with van der Waals surface area (Å²) in [7, 11) is 0.848. The van der Waals surface area contributed by atoms with Crippen molar-refractivity contribution in [2.45, 2.75) is 12.1 Å². The molecule has 0 aliphatic rings. The Morgan fingerprint density at radius 2 is 1.77 bits per heavy atom. The molecule has 0 atom stereocenters. The Balaban J connectivity index is 4.12. The number of amides is 1. The van der Waals surface area contributed by atoms with Gasteiger partial charge < -0.3 is 10.1 Å². The molecule has 0 unspecified atom stereocenters. The van der Waals surface area contributed by atoms with Crippen molar-refractivity contribution >= 4 is 6.09 Å². The summed E-state index contributed by atoms with van der Waals surface area (Å²) in [5, 5.41) is 1.25. The standard InChI is InChI=1S/C5H6F5NO2/c1-13-3(12)11-2-4(6,7)5(8,9)10/h2H2,1H3,(H,11,12). The van der Waals surface area contributed by atoms with Gasteiger partial charge in [-0.1, -0.05) is 0 Å². The molecule has 0 radical (unpaired) electrons. The molecule has 0 aromatic rings. The van der Waals surface area contributed by atoms with Gasteiger partial charge in [0.1, 0.15) is 0 Å². The van der Waals surface area contributed by atoms with Gasteiger partial charge in [0, 0.05) is 0 Å². The van der Waals surface area contributed by atoms with Crippen molar-refractivity contribution in [2.24, 2.45) is 0 Å². The fraction of sp³-hybridized carbons (Fsp3) is 0.800. The number of rotatable bonds is 2. The summed E-state index contributed by atoms with van der Waals surface area (Å²) in [5.74, 6) is -4.94. The number of nitrogens with one attached hydrogen (secondary N) is 1. The van der Waals surface area contributed by atoms with Crippen LogP contribution in [0.1, 0.15) is 0 Å². The summed E-state index contributed by atoms with van der Waals surface area (Å²) < 4.78 is 62.2. The summed E-state index contributed by atoms with van der Waals surface area (Å²) >= 11 is 0. The molecular formula is C5H6F5NO2. The smallest absolute Gasteiger partial charge is 0.453 e. The molecule has 0 saturated carbocycles. The third kappa shape index (κ3) is 3.43. The molecular weight excluding hydrogens is 201 g/mol. The summed E-state index contributed by atoms with van der Waals surface area (Å²) in [6.45, 7) is -1.83. The van der Waals surface area contributed by atoms with Crippen LogP contribution in [0.5, 0.6) is 0 Å². The number of alkyl carbamates (subject to hydrolysis) is 1. The Morgan fingerprint density at radius 3 is 2.08 bits per heavy atom. The van der Waals surface area contributed by atoms with Gasteiger partial charge in [-0.25, -0.2) is 4.79 Å². The molecule has 0 aromatic carbocycles. The summed E-state index contributed by atoms with van der Waals surface area (Å²) in [4.78, 5) is 10.2. The van der Waals surface area contributed by atoms with Crippen LogP contribution < -0.4 is 5.32 Å². The number of hydrogen-bond acceptors (Lipinski definition) is 2. The molecule has 0 aromatic heterocycles. The molecule has 0 aliphatic carbocycles. The number of alkyl halides is 5. The number of hydrogen-bond donors (Lipinski definition) is 1. The van der Waals surface area contributed by atoms with E-state index >= 15 is 0 Å². The summed E-state index contributed by atoms with van der Waals surface area (Å²) in [6.07, 6.45) is -7.02. The quantitative estimate of drug-likeness (QED) is 0.697. The fourth-order valence-corrected chi connectivity index (χ4v) is 0.356. The second-order valence-corrected chi connectivity index (χ2v) is 2.05. The van der Waals surface area contributed by atoms with Crippen LogP contribution in [-0.4, -0.2) is 31.8 Å². The highest BCUT2D eigenvalue weighted by Gasteiger charge is 2.57. The van der Waals surface area contributed by atoms with Crippen LogP contribution in [0.25, 0.3) is 0 Å². The van der Waals surface area contributed by atoms with E-state index in [0.29, 0.717) is 0 Å². The molecule has 1 N–H and O–H groups in total. The van der Waals surface area contributed by atoms with Crippen LogP contribution in [0.15, 0.2) is 0 Å². The Hall–Kier alpha value is -1.08. The second-order valence-electron chi connectivity index (χ2n) is 2.05. The van der Waals surface area contributed by atoms with E-state index in [-0.39, 0.29) is 0 Å². The zero-order chi connectivity index (χ0) is 10.7. The van der Waals surface area contributed by atoms with E-state index in [1.807, 2.05) is 0 Å². The predicted octanol–water partition coefficient (Wildman–Crippen LogP) is 1.54. The molecule has 0 bridgehead atoms. The van der Waals surface area contributed by atoms with Crippen molar-refractivity contribution in [3.63, 3.8) is 0 Å². The summed E-state index contributed by atoms with van der Waals surface area (Å²) in [6, 6.07) is 0. The van der Waals surface area contributed by atoms with E-state index in [1.54, 1.807) is 0 Å². The minimum absolute atomic E-state index is 0.848. The van der Waals surface area contributed by atoms with E-state index in [1.165, 1.54) is 5.32 Å². The van der Waals surface area contributed by atoms with Gasteiger partial charge in [-0.05, 0) is 0 Å². The minimum atomic E-state index is -5.67. The third-order valence-electron chi connectivity index (χ3n) is 1.05. The second kappa shape index (κ2) is 3.75. The predicted molar refractivity (Wildman–Crippen MR) is 31.4 cm³/mol. The molecule has 1 amide bonds. The minimum Gasteiger partial charge on any atom is -0.453 e. The Bertz CT molecular complexity index is 190. The van der Waals surface area contributed by atoms with Gasteiger partial charge in [-0.2, -0.15) is 22.0 Å². The van der Waals surface area contributed by atoms with Gasteiger partial charge in [0.05, 0.1) is 13.7 Å². The molecule has 13 heavy (non-hydrogen) atoms. The lowest BCUT2D eigenvalue weighted by Crippen LogP contribution is -2.46. The van der Waals surface area contributed by atoms with Crippen molar-refractivity contribution in [2.75, 3.05) is 13.7 Å². The maximum Gasteiger partial charge on any atom is 0.455 e. The molecule has 0 heterocycles. The van der Waals surface area contributed by atoms with E-state index in [2.05, 4.69) is 4.74 Å². The number of carbonyl (C=O) groups is 1. The fourth-order valence-electron chi connectivity index (χ4n) is 0.356. The maximum absolute atomic E-state index is 12.0. The highest BCUT2D eigenvalue weighted by Crippen LogP contribution is 2.34. The van der Waals surface area contributed by atoms with E-state index < -0.39 is 24.7 Å². The van der Waals surface area contributed by atoms with Gasteiger partial charge in [0.25, 0.3) is 0 Å². The summed E-state index contributed by atoms with van der Waals surface area (Å²) in [5.41, 5.74) is 0. The molecule has 8 heteroatoms. The molecule has 0 aliphatic heterocycles. The van der Waals surface area contributed by atoms with Crippen LogP contribution in [0.4, 0.5) is 26.7 Å². The highest BCUT2D eigenvalue weighted by molar-refractivity contribution is 5.66. The van der Waals surface area contributed by atoms with E-state index in [9.17, 15) is 26.7 Å². The largest absolute Gasteiger partial charge is 0.455 e. The molecule has 3 nitrogen and oxygen atoms in total.